The number of likely N-dealkylation sites (tertiary alicyclic amines) is 1. The zero-order chi connectivity index (χ0) is 15.5. The number of nitrogens with zero attached hydrogens (tertiary/aromatic N) is 4. The van der Waals surface area contributed by atoms with E-state index in [0.717, 1.165) is 25.9 Å². The second kappa shape index (κ2) is 6.58. The van der Waals surface area contributed by atoms with Crippen molar-refractivity contribution in [3.63, 3.8) is 0 Å². The molecule has 1 saturated heterocycles. The summed E-state index contributed by atoms with van der Waals surface area (Å²) < 4.78 is 1.85. The number of hydrogen-bond donors (Lipinski definition) is 1. The Hall–Kier alpha value is -1.73. The average Bonchev–Trinajstić information content (AvgIpc) is 3.18. The fourth-order valence-electron chi connectivity index (χ4n) is 2.93. The Morgan fingerprint density at radius 2 is 2.23 bits per heavy atom. The van der Waals surface area contributed by atoms with E-state index in [0.29, 0.717) is 11.0 Å². The van der Waals surface area contributed by atoms with Crippen molar-refractivity contribution >= 4 is 22.4 Å². The van der Waals surface area contributed by atoms with Gasteiger partial charge in [-0.25, -0.2) is 4.98 Å². The first-order valence-electron chi connectivity index (χ1n) is 7.56. The molecule has 2 aromatic heterocycles. The maximum absolute atomic E-state index is 12.3. The highest BCUT2D eigenvalue weighted by atomic mass is 32.1. The van der Waals surface area contributed by atoms with Gasteiger partial charge in [0, 0.05) is 24.8 Å². The van der Waals surface area contributed by atoms with E-state index in [1.165, 1.54) is 16.9 Å². The monoisotopic (exact) mass is 319 g/mol. The van der Waals surface area contributed by atoms with Gasteiger partial charge in [-0.1, -0.05) is 0 Å². The number of carbonyl (C=O) groups excluding carboxylic acids is 1. The molecule has 1 amide bonds. The average molecular weight is 319 g/mol. The van der Waals surface area contributed by atoms with Gasteiger partial charge in [0.25, 0.3) is 0 Å². The summed E-state index contributed by atoms with van der Waals surface area (Å²) >= 11 is 1.44. The van der Waals surface area contributed by atoms with Crippen molar-refractivity contribution in [1.29, 1.82) is 0 Å². The fraction of sp³-hybridized carbons (Fsp3) is 0.533. The van der Waals surface area contributed by atoms with Gasteiger partial charge >= 0.3 is 0 Å². The molecule has 0 aliphatic carbocycles. The lowest BCUT2D eigenvalue weighted by molar-refractivity contribution is -0.121. The first kappa shape index (κ1) is 15.2. The third kappa shape index (κ3) is 3.36. The molecule has 3 rings (SSSR count). The summed E-state index contributed by atoms with van der Waals surface area (Å²) in [5, 5.41) is 9.66. The molecule has 0 unspecified atom stereocenters. The molecule has 1 aliphatic rings. The van der Waals surface area contributed by atoms with E-state index in [2.05, 4.69) is 26.5 Å². The summed E-state index contributed by atoms with van der Waals surface area (Å²) in [5.74, 6) is 0.578. The highest BCUT2D eigenvalue weighted by Gasteiger charge is 2.28. The molecule has 1 fully saturated rings. The van der Waals surface area contributed by atoms with Crippen molar-refractivity contribution in [2.45, 2.75) is 31.7 Å². The van der Waals surface area contributed by atoms with Crippen LogP contribution in [0.4, 0.5) is 5.13 Å². The third-order valence-electron chi connectivity index (χ3n) is 4.32. The standard InChI is InChI=1S/C15H21N5OS/c1-11(14(21)18-15-16-5-8-22-15)20-6-3-12(4-7-20)13-9-17-19(2)10-13/h5,8-12H,3-4,6-7H2,1-2H3,(H,16,18,21)/t11-/m1/s1. The molecule has 0 radical (unpaired) electrons. The molecule has 1 atom stereocenters. The smallest absolute Gasteiger partial charge is 0.243 e. The molecule has 1 N–H and O–H groups in total. The first-order chi connectivity index (χ1) is 10.6. The van der Waals surface area contributed by atoms with Gasteiger partial charge in [0.2, 0.25) is 5.91 Å². The van der Waals surface area contributed by atoms with Crippen LogP contribution < -0.4 is 5.32 Å². The van der Waals surface area contributed by atoms with Gasteiger partial charge < -0.3 is 5.32 Å². The minimum atomic E-state index is -0.126. The predicted molar refractivity (Wildman–Crippen MR) is 87.0 cm³/mol. The van der Waals surface area contributed by atoms with Crippen LogP contribution in [0.25, 0.3) is 0 Å². The maximum atomic E-state index is 12.3. The molecule has 6 nitrogen and oxygen atoms in total. The van der Waals surface area contributed by atoms with Crippen LogP contribution in [-0.2, 0) is 11.8 Å². The minimum absolute atomic E-state index is 0.0229. The van der Waals surface area contributed by atoms with Gasteiger partial charge in [0.1, 0.15) is 0 Å². The summed E-state index contributed by atoms with van der Waals surface area (Å²) in [6.45, 7) is 3.84. The number of rotatable bonds is 4. The highest BCUT2D eigenvalue weighted by molar-refractivity contribution is 7.13. The number of hydrogen-bond acceptors (Lipinski definition) is 5. The number of anilines is 1. The number of aromatic nitrogens is 3. The SMILES string of the molecule is C[C@H](C(=O)Nc1nccs1)N1CCC(c2cnn(C)c2)CC1. The minimum Gasteiger partial charge on any atom is -0.301 e. The van der Waals surface area contributed by atoms with Crippen molar-refractivity contribution in [3.05, 3.63) is 29.5 Å². The summed E-state index contributed by atoms with van der Waals surface area (Å²) in [5.41, 5.74) is 1.31. The predicted octanol–water partition coefficient (Wildman–Crippen LogP) is 2.08. The van der Waals surface area contributed by atoms with Gasteiger partial charge in [0.15, 0.2) is 5.13 Å². The van der Waals surface area contributed by atoms with Gasteiger partial charge in [-0.05, 0) is 44.3 Å². The highest BCUT2D eigenvalue weighted by Crippen LogP contribution is 2.28. The number of nitrogens with one attached hydrogen (secondary N) is 1. The van der Waals surface area contributed by atoms with E-state index < -0.39 is 0 Å². The van der Waals surface area contributed by atoms with Gasteiger partial charge in [0.05, 0.1) is 12.2 Å². The second-order valence-electron chi connectivity index (χ2n) is 5.76. The second-order valence-corrected chi connectivity index (χ2v) is 6.65. The molecule has 3 heterocycles. The number of amides is 1. The van der Waals surface area contributed by atoms with Gasteiger partial charge in [-0.15, -0.1) is 11.3 Å². The van der Waals surface area contributed by atoms with E-state index in [4.69, 9.17) is 0 Å². The summed E-state index contributed by atoms with van der Waals surface area (Å²) in [7, 11) is 1.95. The molecule has 0 saturated carbocycles. The largest absolute Gasteiger partial charge is 0.301 e. The molecule has 0 aromatic carbocycles. The lowest BCUT2D eigenvalue weighted by Crippen LogP contribution is -2.45. The van der Waals surface area contributed by atoms with Crippen molar-refractivity contribution in [2.75, 3.05) is 18.4 Å². The fourth-order valence-corrected chi connectivity index (χ4v) is 3.46. The molecule has 0 spiro atoms. The molecular weight excluding hydrogens is 298 g/mol. The zero-order valence-corrected chi connectivity index (χ0v) is 13.7. The Morgan fingerprint density at radius 1 is 1.45 bits per heavy atom. The first-order valence-corrected chi connectivity index (χ1v) is 8.44. The van der Waals surface area contributed by atoms with Crippen molar-refractivity contribution in [3.8, 4) is 0 Å². The van der Waals surface area contributed by atoms with Crippen LogP contribution >= 0.6 is 11.3 Å². The van der Waals surface area contributed by atoms with Crippen molar-refractivity contribution in [2.24, 2.45) is 7.05 Å². The Bertz CT molecular complexity index is 616. The number of carbonyl (C=O) groups is 1. The molecule has 0 bridgehead atoms. The van der Waals surface area contributed by atoms with Gasteiger partial charge in [-0.2, -0.15) is 5.10 Å². The van der Waals surface area contributed by atoms with Crippen LogP contribution in [0.1, 0.15) is 31.2 Å². The van der Waals surface area contributed by atoms with Crippen LogP contribution in [-0.4, -0.2) is 44.7 Å². The van der Waals surface area contributed by atoms with Gasteiger partial charge in [-0.3, -0.25) is 14.4 Å². The van der Waals surface area contributed by atoms with Crippen molar-refractivity contribution in [1.82, 2.24) is 19.7 Å². The molecule has 1 aliphatic heterocycles. The summed E-state index contributed by atoms with van der Waals surface area (Å²) in [6, 6.07) is -0.126. The molecular formula is C15H21N5OS. The van der Waals surface area contributed by atoms with E-state index in [1.807, 2.05) is 30.2 Å². The summed E-state index contributed by atoms with van der Waals surface area (Å²) in [4.78, 5) is 18.6. The third-order valence-corrected chi connectivity index (χ3v) is 5.00. The Kier molecular flexibility index (Phi) is 4.54. The van der Waals surface area contributed by atoms with E-state index in [-0.39, 0.29) is 11.9 Å². The van der Waals surface area contributed by atoms with Crippen LogP contribution in [0, 0.1) is 0 Å². The van der Waals surface area contributed by atoms with E-state index >= 15 is 0 Å². The van der Waals surface area contributed by atoms with E-state index in [1.54, 1.807) is 6.20 Å². The van der Waals surface area contributed by atoms with E-state index in [9.17, 15) is 4.79 Å². The Balaban J connectivity index is 1.53. The lowest BCUT2D eigenvalue weighted by atomic mass is 9.91. The van der Waals surface area contributed by atoms with Crippen molar-refractivity contribution < 1.29 is 4.79 Å². The Morgan fingerprint density at radius 3 is 2.82 bits per heavy atom. The Labute approximate surface area is 134 Å². The normalized spacial score (nSPS) is 18.3. The molecule has 118 valence electrons. The number of aryl methyl sites for hydroxylation is 1. The number of thiazole rings is 1. The summed E-state index contributed by atoms with van der Waals surface area (Å²) in [6.07, 6.45) is 7.89. The quantitative estimate of drug-likeness (QED) is 0.937. The van der Waals surface area contributed by atoms with Crippen LogP contribution in [0.15, 0.2) is 24.0 Å². The zero-order valence-electron chi connectivity index (χ0n) is 12.9. The number of piperidine rings is 1. The van der Waals surface area contributed by atoms with Crippen LogP contribution in [0.5, 0.6) is 0 Å². The van der Waals surface area contributed by atoms with Crippen LogP contribution in [0.3, 0.4) is 0 Å². The maximum Gasteiger partial charge on any atom is 0.243 e. The van der Waals surface area contributed by atoms with Crippen LogP contribution in [0.2, 0.25) is 0 Å². The molecule has 7 heteroatoms. The topological polar surface area (TPSA) is 63.1 Å². The molecule has 22 heavy (non-hydrogen) atoms. The molecule has 2 aromatic rings. The lowest BCUT2D eigenvalue weighted by Gasteiger charge is -2.34.